The van der Waals surface area contributed by atoms with E-state index in [4.69, 9.17) is 4.74 Å². The lowest BCUT2D eigenvalue weighted by molar-refractivity contribution is -0.126. The number of likely N-dealkylation sites (tertiary alicyclic amines) is 2. The average Bonchev–Trinajstić information content (AvgIpc) is 3.59. The number of nitrogens with one attached hydrogen (secondary N) is 1. The quantitative estimate of drug-likeness (QED) is 0.768. The lowest BCUT2D eigenvalue weighted by Gasteiger charge is -2.41. The smallest absolute Gasteiger partial charge is 0.223 e. The topological polar surface area (TPSA) is 44.8 Å². The van der Waals surface area contributed by atoms with Crippen LogP contribution in [0.15, 0.2) is 30.3 Å². The minimum atomic E-state index is 0.245. The van der Waals surface area contributed by atoms with Crippen LogP contribution in [0, 0.1) is 5.92 Å². The Balaban J connectivity index is 1.15. The predicted octanol–water partition coefficient (Wildman–Crippen LogP) is 3.16. The molecule has 3 fully saturated rings. The number of carbonyl (C=O) groups is 1. The predicted molar refractivity (Wildman–Crippen MR) is 117 cm³/mol. The Morgan fingerprint density at radius 1 is 1.03 bits per heavy atom. The number of ether oxygens (including phenoxy) is 1. The van der Waals surface area contributed by atoms with Crippen molar-refractivity contribution in [3.63, 3.8) is 0 Å². The fraction of sp³-hybridized carbons (Fsp3) is 0.625. The molecule has 1 N–H and O–H groups in total. The van der Waals surface area contributed by atoms with E-state index in [9.17, 15) is 4.79 Å². The number of hydrogen-bond acceptors (Lipinski definition) is 4. The highest BCUT2D eigenvalue weighted by Gasteiger charge is 2.32. The first-order valence-electron chi connectivity index (χ1n) is 11.3. The van der Waals surface area contributed by atoms with E-state index in [1.807, 2.05) is 12.1 Å². The molecule has 5 nitrogen and oxygen atoms in total. The van der Waals surface area contributed by atoms with Crippen LogP contribution >= 0.6 is 0 Å². The van der Waals surface area contributed by atoms with Gasteiger partial charge in [0.05, 0.1) is 7.11 Å². The van der Waals surface area contributed by atoms with Crippen LogP contribution in [0.25, 0.3) is 6.08 Å². The van der Waals surface area contributed by atoms with Crippen LogP contribution in [0.3, 0.4) is 0 Å². The van der Waals surface area contributed by atoms with E-state index < -0.39 is 0 Å². The monoisotopic (exact) mass is 397 g/mol. The molecule has 2 heterocycles. The van der Waals surface area contributed by atoms with Crippen molar-refractivity contribution in [1.29, 1.82) is 0 Å². The highest BCUT2D eigenvalue weighted by atomic mass is 16.5. The number of benzene rings is 1. The van der Waals surface area contributed by atoms with E-state index in [0.29, 0.717) is 18.0 Å². The van der Waals surface area contributed by atoms with Crippen LogP contribution in [0.2, 0.25) is 0 Å². The van der Waals surface area contributed by atoms with Crippen molar-refractivity contribution >= 4 is 12.0 Å². The third kappa shape index (κ3) is 5.83. The van der Waals surface area contributed by atoms with Crippen LogP contribution in [-0.2, 0) is 4.79 Å². The minimum absolute atomic E-state index is 0.245. The summed E-state index contributed by atoms with van der Waals surface area (Å²) in [5, 5.41) is 3.18. The molecule has 0 spiro atoms. The maximum Gasteiger partial charge on any atom is 0.223 e. The van der Waals surface area contributed by atoms with Gasteiger partial charge in [-0.05, 0) is 82.4 Å². The molecule has 0 aromatic heterocycles. The van der Waals surface area contributed by atoms with Crippen molar-refractivity contribution in [2.75, 3.05) is 39.8 Å². The second kappa shape index (κ2) is 9.77. The van der Waals surface area contributed by atoms with Crippen LogP contribution in [-0.4, -0.2) is 67.6 Å². The van der Waals surface area contributed by atoms with Gasteiger partial charge in [-0.2, -0.15) is 0 Å². The second-order valence-electron chi connectivity index (χ2n) is 8.80. The van der Waals surface area contributed by atoms with Gasteiger partial charge in [0.1, 0.15) is 5.75 Å². The largest absolute Gasteiger partial charge is 0.497 e. The number of carbonyl (C=O) groups excluding carboxylic acids is 1. The van der Waals surface area contributed by atoms with E-state index in [2.05, 4.69) is 39.4 Å². The van der Waals surface area contributed by atoms with Gasteiger partial charge in [-0.15, -0.1) is 0 Å². The summed E-state index contributed by atoms with van der Waals surface area (Å²) in [5.74, 6) is 1.46. The molecule has 0 bridgehead atoms. The molecule has 1 amide bonds. The third-order valence-corrected chi connectivity index (χ3v) is 6.69. The number of amides is 1. The first kappa shape index (κ1) is 20.4. The fourth-order valence-corrected chi connectivity index (χ4v) is 4.59. The zero-order valence-corrected chi connectivity index (χ0v) is 17.7. The highest BCUT2D eigenvalue weighted by Crippen LogP contribution is 2.26. The van der Waals surface area contributed by atoms with E-state index in [1.54, 1.807) is 7.11 Å². The highest BCUT2D eigenvalue weighted by molar-refractivity contribution is 5.79. The molecule has 29 heavy (non-hydrogen) atoms. The van der Waals surface area contributed by atoms with Gasteiger partial charge in [0.2, 0.25) is 5.91 Å². The number of piperidine rings is 2. The van der Waals surface area contributed by atoms with Crippen LogP contribution in [0.1, 0.15) is 44.1 Å². The molecule has 0 unspecified atom stereocenters. The fourth-order valence-electron chi connectivity index (χ4n) is 4.59. The molecule has 158 valence electrons. The minimum Gasteiger partial charge on any atom is -0.497 e. The number of nitrogens with zero attached hydrogens (tertiary/aromatic N) is 2. The zero-order valence-electron chi connectivity index (χ0n) is 17.7. The van der Waals surface area contributed by atoms with Crippen LogP contribution in [0.5, 0.6) is 5.75 Å². The molecule has 1 aromatic rings. The molecule has 5 heteroatoms. The van der Waals surface area contributed by atoms with E-state index in [0.717, 1.165) is 38.2 Å². The Morgan fingerprint density at radius 2 is 1.72 bits per heavy atom. The molecule has 2 saturated heterocycles. The van der Waals surface area contributed by atoms with Crippen molar-refractivity contribution in [1.82, 2.24) is 15.1 Å². The molecule has 1 saturated carbocycles. The Kier molecular flexibility index (Phi) is 6.88. The van der Waals surface area contributed by atoms with Crippen LogP contribution in [0.4, 0.5) is 0 Å². The summed E-state index contributed by atoms with van der Waals surface area (Å²) in [6.45, 7) is 5.52. The standard InChI is InChI=1S/C24H35N3O2/c1-29-23-8-4-19(5-9-23)3-2-14-26-15-12-22(13-16-26)27-17-10-20(11-18-27)24(28)25-21-6-7-21/h2-5,8-9,20-22H,6-7,10-18H2,1H3,(H,25,28). The Hall–Kier alpha value is -1.85. The summed E-state index contributed by atoms with van der Waals surface area (Å²) in [5.41, 5.74) is 1.22. The Labute approximate surface area is 175 Å². The normalized spacial score (nSPS) is 22.8. The summed E-state index contributed by atoms with van der Waals surface area (Å²) >= 11 is 0. The van der Waals surface area contributed by atoms with Crippen molar-refractivity contribution in [3.8, 4) is 5.75 Å². The number of hydrogen-bond donors (Lipinski definition) is 1. The number of methoxy groups -OCH3 is 1. The summed E-state index contributed by atoms with van der Waals surface area (Å²) in [4.78, 5) is 17.5. The molecule has 1 aliphatic carbocycles. The van der Waals surface area contributed by atoms with Crippen molar-refractivity contribution in [3.05, 3.63) is 35.9 Å². The summed E-state index contributed by atoms with van der Waals surface area (Å²) in [6.07, 6.45) is 11.4. The Morgan fingerprint density at radius 3 is 2.34 bits per heavy atom. The summed E-state index contributed by atoms with van der Waals surface area (Å²) < 4.78 is 5.21. The van der Waals surface area contributed by atoms with Crippen LogP contribution < -0.4 is 10.1 Å². The molecule has 0 radical (unpaired) electrons. The number of rotatable bonds is 7. The maximum absolute atomic E-state index is 12.3. The van der Waals surface area contributed by atoms with E-state index in [1.165, 1.54) is 44.3 Å². The maximum atomic E-state index is 12.3. The molecule has 1 aromatic carbocycles. The van der Waals surface area contributed by atoms with Crippen molar-refractivity contribution < 1.29 is 9.53 Å². The summed E-state index contributed by atoms with van der Waals surface area (Å²) in [6, 6.07) is 9.38. The van der Waals surface area contributed by atoms with Gasteiger partial charge in [-0.25, -0.2) is 0 Å². The second-order valence-corrected chi connectivity index (χ2v) is 8.80. The first-order chi connectivity index (χ1) is 14.2. The van der Waals surface area contributed by atoms with Gasteiger partial charge in [0.25, 0.3) is 0 Å². The Bertz CT molecular complexity index is 683. The molecular weight excluding hydrogens is 362 g/mol. The van der Waals surface area contributed by atoms with Crippen molar-refractivity contribution in [2.45, 2.75) is 50.6 Å². The van der Waals surface area contributed by atoms with Gasteiger partial charge in [-0.3, -0.25) is 9.69 Å². The summed E-state index contributed by atoms with van der Waals surface area (Å²) in [7, 11) is 1.70. The van der Waals surface area contributed by atoms with Gasteiger partial charge < -0.3 is 15.0 Å². The van der Waals surface area contributed by atoms with Gasteiger partial charge in [0.15, 0.2) is 0 Å². The lowest BCUT2D eigenvalue weighted by atomic mass is 9.92. The molecule has 4 rings (SSSR count). The molecule has 3 aliphatic rings. The third-order valence-electron chi connectivity index (χ3n) is 6.69. The molecular formula is C24H35N3O2. The van der Waals surface area contributed by atoms with Crippen molar-refractivity contribution in [2.24, 2.45) is 5.92 Å². The van der Waals surface area contributed by atoms with E-state index in [-0.39, 0.29) is 5.92 Å². The zero-order chi connectivity index (χ0) is 20.1. The SMILES string of the molecule is COc1ccc(C=CCN2CCC(N3CCC(C(=O)NC4CC4)CC3)CC2)cc1. The molecule has 2 aliphatic heterocycles. The van der Waals surface area contributed by atoms with Gasteiger partial charge >= 0.3 is 0 Å². The van der Waals surface area contributed by atoms with Gasteiger partial charge in [0, 0.05) is 24.5 Å². The lowest BCUT2D eigenvalue weighted by Crippen LogP contribution is -2.49. The van der Waals surface area contributed by atoms with Gasteiger partial charge in [-0.1, -0.05) is 24.3 Å². The average molecular weight is 398 g/mol. The van der Waals surface area contributed by atoms with E-state index >= 15 is 0 Å². The molecule has 0 atom stereocenters. The first-order valence-corrected chi connectivity index (χ1v) is 11.3.